The summed E-state index contributed by atoms with van der Waals surface area (Å²) in [6.45, 7) is 0. The van der Waals surface area contributed by atoms with Gasteiger partial charge in [-0.2, -0.15) is 4.98 Å². The van der Waals surface area contributed by atoms with E-state index in [4.69, 9.17) is 9.47 Å². The lowest BCUT2D eigenvalue weighted by molar-refractivity contribution is 0.381. The van der Waals surface area contributed by atoms with E-state index in [0.717, 1.165) is 27.6 Å². The lowest BCUT2D eigenvalue weighted by Crippen LogP contribution is -1.91. The maximum Gasteiger partial charge on any atom is 0.318 e. The number of nitrogens with zero attached hydrogens (tertiary/aromatic N) is 3. The second-order valence-corrected chi connectivity index (χ2v) is 5.08. The molecule has 0 atom stereocenters. The minimum absolute atomic E-state index is 0.293. The molecule has 0 aliphatic rings. The molecule has 0 amide bonds. The highest BCUT2D eigenvalue weighted by atomic mass is 16.5. The fourth-order valence-corrected chi connectivity index (χ4v) is 2.59. The van der Waals surface area contributed by atoms with Crippen LogP contribution in [0.15, 0.2) is 42.6 Å². The van der Waals surface area contributed by atoms with Gasteiger partial charge in [-0.05, 0) is 22.9 Å². The van der Waals surface area contributed by atoms with E-state index in [1.807, 2.05) is 18.2 Å². The molecule has 0 bridgehead atoms. The van der Waals surface area contributed by atoms with Crippen LogP contribution < -0.4 is 9.47 Å². The summed E-state index contributed by atoms with van der Waals surface area (Å²) in [6.07, 6.45) is 1.66. The normalized spacial score (nSPS) is 11.0. The van der Waals surface area contributed by atoms with Gasteiger partial charge in [0.25, 0.3) is 0 Å². The minimum atomic E-state index is 0.293. The largest absolute Gasteiger partial charge is 0.496 e. The molecular formula is C17H14N4O2. The van der Waals surface area contributed by atoms with Crippen LogP contribution in [0.5, 0.6) is 11.8 Å². The number of fused-ring (bicyclic) bond motifs is 2. The number of imidazole rings is 1. The molecule has 0 fully saturated rings. The van der Waals surface area contributed by atoms with Crippen LogP contribution in [0.25, 0.3) is 33.3 Å². The molecule has 2 aromatic carbocycles. The maximum absolute atomic E-state index is 5.53. The van der Waals surface area contributed by atoms with Gasteiger partial charge in [-0.1, -0.05) is 24.3 Å². The standard InChI is InChI=1S/C17H14N4O2/c1-22-14-8-11-6-4-3-5-10(11)7-12(14)15-19-13-9-18-17(23-2)21-16(13)20-15/h3-9H,1-2H3,(H,18,19,20,21). The summed E-state index contributed by atoms with van der Waals surface area (Å²) in [7, 11) is 3.18. The van der Waals surface area contributed by atoms with Crippen molar-refractivity contribution in [1.82, 2.24) is 19.9 Å². The van der Waals surface area contributed by atoms with Crippen molar-refractivity contribution in [2.45, 2.75) is 0 Å². The maximum atomic E-state index is 5.53. The zero-order chi connectivity index (χ0) is 15.8. The first-order chi connectivity index (χ1) is 11.3. The zero-order valence-corrected chi connectivity index (χ0v) is 12.7. The predicted molar refractivity (Wildman–Crippen MR) is 87.7 cm³/mol. The minimum Gasteiger partial charge on any atom is -0.496 e. The van der Waals surface area contributed by atoms with Crippen molar-refractivity contribution >= 4 is 21.9 Å². The number of methoxy groups -OCH3 is 2. The molecule has 114 valence electrons. The van der Waals surface area contributed by atoms with Crippen LogP contribution in [0.3, 0.4) is 0 Å². The number of ether oxygens (including phenoxy) is 2. The Morgan fingerprint density at radius 3 is 2.48 bits per heavy atom. The first kappa shape index (κ1) is 13.5. The van der Waals surface area contributed by atoms with E-state index in [9.17, 15) is 0 Å². The Morgan fingerprint density at radius 1 is 0.957 bits per heavy atom. The molecule has 23 heavy (non-hydrogen) atoms. The second-order valence-electron chi connectivity index (χ2n) is 5.08. The van der Waals surface area contributed by atoms with Crippen LogP contribution in [-0.2, 0) is 0 Å². The average molecular weight is 306 g/mol. The van der Waals surface area contributed by atoms with Crippen LogP contribution in [0.1, 0.15) is 0 Å². The summed E-state index contributed by atoms with van der Waals surface area (Å²) in [4.78, 5) is 16.1. The first-order valence-corrected chi connectivity index (χ1v) is 7.12. The fourth-order valence-electron chi connectivity index (χ4n) is 2.59. The topological polar surface area (TPSA) is 72.9 Å². The van der Waals surface area contributed by atoms with Gasteiger partial charge >= 0.3 is 6.01 Å². The number of nitrogens with one attached hydrogen (secondary N) is 1. The predicted octanol–water partition coefficient (Wildman–Crippen LogP) is 3.19. The van der Waals surface area contributed by atoms with Crippen molar-refractivity contribution in [3.63, 3.8) is 0 Å². The van der Waals surface area contributed by atoms with E-state index in [0.29, 0.717) is 17.5 Å². The number of aromatic nitrogens is 4. The summed E-state index contributed by atoms with van der Waals surface area (Å²) in [6, 6.07) is 12.5. The first-order valence-electron chi connectivity index (χ1n) is 7.12. The molecule has 0 unspecified atom stereocenters. The lowest BCUT2D eigenvalue weighted by atomic mass is 10.1. The van der Waals surface area contributed by atoms with E-state index in [1.54, 1.807) is 13.3 Å². The summed E-state index contributed by atoms with van der Waals surface area (Å²) in [5.74, 6) is 1.44. The molecule has 0 radical (unpaired) electrons. The number of rotatable bonds is 3. The molecular weight excluding hydrogens is 292 g/mol. The van der Waals surface area contributed by atoms with Gasteiger partial charge < -0.3 is 14.5 Å². The van der Waals surface area contributed by atoms with E-state index in [1.165, 1.54) is 7.11 Å². The van der Waals surface area contributed by atoms with Crippen molar-refractivity contribution in [1.29, 1.82) is 0 Å². The highest BCUT2D eigenvalue weighted by Gasteiger charge is 2.13. The Hall–Kier alpha value is -3.15. The number of benzene rings is 2. The van der Waals surface area contributed by atoms with E-state index in [-0.39, 0.29) is 0 Å². The van der Waals surface area contributed by atoms with Crippen LogP contribution in [-0.4, -0.2) is 34.2 Å². The number of hydrogen-bond acceptors (Lipinski definition) is 5. The van der Waals surface area contributed by atoms with Gasteiger partial charge in [0, 0.05) is 0 Å². The van der Waals surface area contributed by atoms with Crippen LogP contribution in [0.2, 0.25) is 0 Å². The monoisotopic (exact) mass is 306 g/mol. The van der Waals surface area contributed by atoms with Crippen LogP contribution in [0.4, 0.5) is 0 Å². The molecule has 0 aliphatic heterocycles. The molecule has 2 heterocycles. The van der Waals surface area contributed by atoms with Gasteiger partial charge in [0.2, 0.25) is 0 Å². The van der Waals surface area contributed by atoms with Gasteiger partial charge in [-0.25, -0.2) is 9.97 Å². The quantitative estimate of drug-likeness (QED) is 0.629. The SMILES string of the molecule is COc1ncc2[nH]c(-c3cc4ccccc4cc3OC)nc2n1. The molecule has 4 aromatic rings. The van der Waals surface area contributed by atoms with Gasteiger partial charge in [-0.3, -0.25) is 0 Å². The van der Waals surface area contributed by atoms with Crippen LogP contribution >= 0.6 is 0 Å². The average Bonchev–Trinajstić information content (AvgIpc) is 3.03. The zero-order valence-electron chi connectivity index (χ0n) is 12.7. The van der Waals surface area contributed by atoms with Crippen molar-refractivity contribution < 1.29 is 9.47 Å². The number of aromatic amines is 1. The Bertz CT molecular complexity index is 1010. The van der Waals surface area contributed by atoms with E-state index in [2.05, 4.69) is 38.1 Å². The van der Waals surface area contributed by atoms with Crippen molar-refractivity contribution in [3.05, 3.63) is 42.6 Å². The van der Waals surface area contributed by atoms with Gasteiger partial charge in [0.1, 0.15) is 17.1 Å². The summed E-state index contributed by atoms with van der Waals surface area (Å²) >= 11 is 0. The highest BCUT2D eigenvalue weighted by molar-refractivity contribution is 5.90. The molecule has 6 heteroatoms. The number of hydrogen-bond donors (Lipinski definition) is 1. The second kappa shape index (κ2) is 5.24. The lowest BCUT2D eigenvalue weighted by Gasteiger charge is -2.08. The van der Waals surface area contributed by atoms with Gasteiger partial charge in [0.15, 0.2) is 5.65 Å². The van der Waals surface area contributed by atoms with Gasteiger partial charge in [0.05, 0.1) is 26.0 Å². The molecule has 6 nitrogen and oxygen atoms in total. The molecule has 0 aliphatic carbocycles. The number of H-pyrrole nitrogens is 1. The summed E-state index contributed by atoms with van der Waals surface area (Å²) in [5, 5.41) is 2.23. The third-order valence-electron chi connectivity index (χ3n) is 3.72. The van der Waals surface area contributed by atoms with Gasteiger partial charge in [-0.15, -0.1) is 0 Å². The Kier molecular flexibility index (Phi) is 3.08. The molecule has 0 spiro atoms. The van der Waals surface area contributed by atoms with E-state index >= 15 is 0 Å². The Morgan fingerprint density at radius 2 is 1.74 bits per heavy atom. The van der Waals surface area contributed by atoms with Crippen molar-refractivity contribution in [3.8, 4) is 23.1 Å². The molecule has 0 saturated heterocycles. The molecule has 1 N–H and O–H groups in total. The van der Waals surface area contributed by atoms with Crippen molar-refractivity contribution in [2.75, 3.05) is 14.2 Å². The fraction of sp³-hybridized carbons (Fsp3) is 0.118. The summed E-state index contributed by atoms with van der Waals surface area (Å²) in [5.41, 5.74) is 2.18. The Labute approximate surface area is 132 Å². The van der Waals surface area contributed by atoms with E-state index < -0.39 is 0 Å². The summed E-state index contributed by atoms with van der Waals surface area (Å²) < 4.78 is 10.6. The smallest absolute Gasteiger partial charge is 0.318 e. The third-order valence-corrected chi connectivity index (χ3v) is 3.72. The highest BCUT2D eigenvalue weighted by Crippen LogP contribution is 2.33. The Balaban J connectivity index is 1.93. The van der Waals surface area contributed by atoms with Crippen molar-refractivity contribution in [2.24, 2.45) is 0 Å². The molecule has 4 rings (SSSR count). The van der Waals surface area contributed by atoms with Crippen LogP contribution in [0, 0.1) is 0 Å². The third kappa shape index (κ3) is 2.24. The molecule has 2 aromatic heterocycles. The molecule has 0 saturated carbocycles.